The highest BCUT2D eigenvalue weighted by atomic mass is 15.2. The van der Waals surface area contributed by atoms with E-state index in [1.54, 1.807) is 0 Å². The zero-order chi connectivity index (χ0) is 15.9. The van der Waals surface area contributed by atoms with Crippen molar-refractivity contribution in [2.75, 3.05) is 44.2 Å². The van der Waals surface area contributed by atoms with E-state index in [-0.39, 0.29) is 0 Å². The highest BCUT2D eigenvalue weighted by Gasteiger charge is 2.22. The molecule has 0 saturated carbocycles. The molecule has 1 aromatic carbocycles. The molecule has 0 aliphatic carbocycles. The molecule has 0 spiro atoms. The normalized spacial score (nSPS) is 17.2. The minimum Gasteiger partial charge on any atom is -0.372 e. The highest BCUT2D eigenvalue weighted by molar-refractivity contribution is 5.48. The third kappa shape index (κ3) is 4.34. The van der Waals surface area contributed by atoms with Crippen LogP contribution >= 0.6 is 0 Å². The summed E-state index contributed by atoms with van der Waals surface area (Å²) in [6.07, 6.45) is 1.05. The molecule has 1 aliphatic rings. The number of hydrogen-bond acceptors (Lipinski definition) is 3. The summed E-state index contributed by atoms with van der Waals surface area (Å²) in [7, 11) is 0. The van der Waals surface area contributed by atoms with Gasteiger partial charge in [-0.3, -0.25) is 4.90 Å². The zero-order valence-electron chi connectivity index (χ0n) is 14.4. The van der Waals surface area contributed by atoms with Crippen molar-refractivity contribution in [1.29, 1.82) is 0 Å². The van der Waals surface area contributed by atoms with E-state index < -0.39 is 0 Å². The minimum atomic E-state index is 0.463. The summed E-state index contributed by atoms with van der Waals surface area (Å²) in [5, 5.41) is 3.44. The number of anilines is 1. The molecule has 1 fully saturated rings. The van der Waals surface area contributed by atoms with E-state index in [9.17, 15) is 0 Å². The van der Waals surface area contributed by atoms with Gasteiger partial charge in [0.1, 0.15) is 0 Å². The van der Waals surface area contributed by atoms with Gasteiger partial charge in [0.2, 0.25) is 0 Å². The van der Waals surface area contributed by atoms with Crippen molar-refractivity contribution in [1.82, 2.24) is 10.2 Å². The van der Waals surface area contributed by atoms with Gasteiger partial charge in [0, 0.05) is 51.0 Å². The van der Waals surface area contributed by atoms with Crippen molar-refractivity contribution in [2.24, 2.45) is 0 Å². The number of piperazine rings is 1. The van der Waals surface area contributed by atoms with Crippen LogP contribution in [0, 0.1) is 0 Å². The molecular weight excluding hydrogens is 270 g/mol. The average molecular weight is 301 g/mol. The average Bonchev–Trinajstić information content (AvgIpc) is 2.55. The van der Waals surface area contributed by atoms with Gasteiger partial charge in [-0.05, 0) is 44.9 Å². The van der Waals surface area contributed by atoms with Gasteiger partial charge in [-0.2, -0.15) is 0 Å². The molecule has 0 bridgehead atoms. The maximum Gasteiger partial charge on any atom is 0.0386 e. The van der Waals surface area contributed by atoms with E-state index in [1.165, 1.54) is 16.8 Å². The summed E-state index contributed by atoms with van der Waals surface area (Å²) in [6, 6.07) is 9.63. The van der Waals surface area contributed by atoms with Crippen LogP contribution in [0.1, 0.15) is 38.8 Å². The number of nitrogens with one attached hydrogen (secondary N) is 1. The SMILES string of the molecule is C=C(C)C[C@H](c1ccc(N(CC)CC)cc1)N1CCNCC1. The minimum absolute atomic E-state index is 0.463. The Morgan fingerprint density at radius 3 is 2.27 bits per heavy atom. The molecule has 1 N–H and O–H groups in total. The molecule has 0 unspecified atom stereocenters. The van der Waals surface area contributed by atoms with Crippen LogP contribution in [0.2, 0.25) is 0 Å². The fourth-order valence-corrected chi connectivity index (χ4v) is 3.28. The summed E-state index contributed by atoms with van der Waals surface area (Å²) in [5.41, 5.74) is 4.00. The summed E-state index contributed by atoms with van der Waals surface area (Å²) in [4.78, 5) is 4.99. The second-order valence-corrected chi connectivity index (χ2v) is 6.23. The third-order valence-corrected chi connectivity index (χ3v) is 4.54. The second kappa shape index (κ2) is 8.35. The van der Waals surface area contributed by atoms with Gasteiger partial charge in [0.15, 0.2) is 0 Å². The first-order chi connectivity index (χ1) is 10.7. The van der Waals surface area contributed by atoms with Gasteiger partial charge in [0.25, 0.3) is 0 Å². The largest absolute Gasteiger partial charge is 0.372 e. The molecule has 2 rings (SSSR count). The third-order valence-electron chi connectivity index (χ3n) is 4.54. The van der Waals surface area contributed by atoms with Gasteiger partial charge in [-0.1, -0.05) is 17.7 Å². The molecule has 1 saturated heterocycles. The molecular formula is C19H31N3. The Labute approximate surface area is 136 Å². The van der Waals surface area contributed by atoms with Crippen LogP contribution in [-0.2, 0) is 0 Å². The van der Waals surface area contributed by atoms with Gasteiger partial charge in [-0.25, -0.2) is 0 Å². The molecule has 22 heavy (non-hydrogen) atoms. The lowest BCUT2D eigenvalue weighted by atomic mass is 9.97. The van der Waals surface area contributed by atoms with E-state index in [1.807, 2.05) is 0 Å². The zero-order valence-corrected chi connectivity index (χ0v) is 14.4. The molecule has 1 heterocycles. The first kappa shape index (κ1) is 17.0. The number of hydrogen-bond donors (Lipinski definition) is 1. The standard InChI is InChI=1S/C19H31N3/c1-5-21(6-2)18-9-7-17(8-10-18)19(15-16(3)4)22-13-11-20-12-14-22/h7-10,19-20H,3,5-6,11-15H2,1-2,4H3/t19-/m1/s1. The topological polar surface area (TPSA) is 18.5 Å². The number of rotatable bonds is 7. The Morgan fingerprint density at radius 1 is 1.18 bits per heavy atom. The molecule has 1 aromatic rings. The predicted octanol–water partition coefficient (Wildman–Crippen LogP) is 3.45. The smallest absolute Gasteiger partial charge is 0.0386 e. The predicted molar refractivity (Wildman–Crippen MR) is 96.6 cm³/mol. The number of benzene rings is 1. The summed E-state index contributed by atoms with van der Waals surface area (Å²) in [6.45, 7) is 17.2. The maximum absolute atomic E-state index is 4.14. The molecule has 0 aromatic heterocycles. The van der Waals surface area contributed by atoms with Crippen molar-refractivity contribution in [3.8, 4) is 0 Å². The maximum atomic E-state index is 4.14. The van der Waals surface area contributed by atoms with Crippen LogP contribution in [0.5, 0.6) is 0 Å². The lowest BCUT2D eigenvalue weighted by molar-refractivity contribution is 0.172. The quantitative estimate of drug-likeness (QED) is 0.778. The molecule has 0 amide bonds. The van der Waals surface area contributed by atoms with E-state index in [0.717, 1.165) is 45.7 Å². The Bertz CT molecular complexity index is 456. The van der Waals surface area contributed by atoms with Crippen LogP contribution in [0.4, 0.5) is 5.69 Å². The lowest BCUT2D eigenvalue weighted by Gasteiger charge is -2.35. The van der Waals surface area contributed by atoms with Gasteiger partial charge in [-0.15, -0.1) is 6.58 Å². The van der Waals surface area contributed by atoms with Crippen LogP contribution in [0.3, 0.4) is 0 Å². The van der Waals surface area contributed by atoms with Crippen molar-refractivity contribution < 1.29 is 0 Å². The highest BCUT2D eigenvalue weighted by Crippen LogP contribution is 2.29. The lowest BCUT2D eigenvalue weighted by Crippen LogP contribution is -2.45. The Hall–Kier alpha value is -1.32. The van der Waals surface area contributed by atoms with E-state index in [2.05, 4.69) is 66.7 Å². The van der Waals surface area contributed by atoms with Crippen LogP contribution < -0.4 is 10.2 Å². The van der Waals surface area contributed by atoms with Crippen LogP contribution in [0.15, 0.2) is 36.4 Å². The fraction of sp³-hybridized carbons (Fsp3) is 0.579. The van der Waals surface area contributed by atoms with E-state index in [0.29, 0.717) is 6.04 Å². The van der Waals surface area contributed by atoms with Crippen LogP contribution in [-0.4, -0.2) is 44.2 Å². The van der Waals surface area contributed by atoms with E-state index in [4.69, 9.17) is 0 Å². The van der Waals surface area contributed by atoms with Gasteiger partial charge < -0.3 is 10.2 Å². The summed E-state index contributed by atoms with van der Waals surface area (Å²) in [5.74, 6) is 0. The molecule has 1 atom stereocenters. The molecule has 0 radical (unpaired) electrons. The molecule has 3 heteroatoms. The van der Waals surface area contributed by atoms with Gasteiger partial charge >= 0.3 is 0 Å². The fourth-order valence-electron chi connectivity index (χ4n) is 3.28. The second-order valence-electron chi connectivity index (χ2n) is 6.23. The van der Waals surface area contributed by atoms with Crippen molar-refractivity contribution in [3.05, 3.63) is 42.0 Å². The van der Waals surface area contributed by atoms with Crippen LogP contribution in [0.25, 0.3) is 0 Å². The molecule has 3 nitrogen and oxygen atoms in total. The first-order valence-electron chi connectivity index (χ1n) is 8.59. The summed E-state index contributed by atoms with van der Waals surface area (Å²) >= 11 is 0. The first-order valence-corrected chi connectivity index (χ1v) is 8.59. The molecule has 122 valence electrons. The summed E-state index contributed by atoms with van der Waals surface area (Å²) < 4.78 is 0. The van der Waals surface area contributed by atoms with E-state index >= 15 is 0 Å². The Morgan fingerprint density at radius 2 is 1.77 bits per heavy atom. The monoisotopic (exact) mass is 301 g/mol. The Kier molecular flexibility index (Phi) is 6.47. The van der Waals surface area contributed by atoms with Crippen molar-refractivity contribution >= 4 is 5.69 Å². The number of nitrogens with zero attached hydrogens (tertiary/aromatic N) is 2. The van der Waals surface area contributed by atoms with Crippen molar-refractivity contribution in [3.63, 3.8) is 0 Å². The van der Waals surface area contributed by atoms with Crippen molar-refractivity contribution in [2.45, 2.75) is 33.2 Å². The molecule has 1 aliphatic heterocycles. The van der Waals surface area contributed by atoms with Gasteiger partial charge in [0.05, 0.1) is 0 Å². The Balaban J connectivity index is 2.17.